The van der Waals surface area contributed by atoms with Gasteiger partial charge in [-0.25, -0.2) is 0 Å². The average molecular weight is 232 g/mol. The van der Waals surface area contributed by atoms with E-state index < -0.39 is 5.54 Å². The third kappa shape index (κ3) is 1.84. The maximum atomic E-state index is 12.6. The Balaban J connectivity index is 2.49. The van der Waals surface area contributed by atoms with Gasteiger partial charge in [-0.3, -0.25) is 9.69 Å². The Morgan fingerprint density at radius 1 is 1.29 bits per heavy atom. The van der Waals surface area contributed by atoms with Crippen molar-refractivity contribution in [1.29, 1.82) is 0 Å². The molecule has 92 valence electrons. The third-order valence-electron chi connectivity index (χ3n) is 3.70. The summed E-state index contributed by atoms with van der Waals surface area (Å²) in [5, 5.41) is 0. The first-order valence-corrected chi connectivity index (χ1v) is 6.07. The van der Waals surface area contributed by atoms with Crippen LogP contribution < -0.4 is 0 Å². The summed E-state index contributed by atoms with van der Waals surface area (Å²) in [7, 11) is 5.71. The molecule has 0 N–H and O–H groups in total. The minimum absolute atomic E-state index is 0.184. The summed E-state index contributed by atoms with van der Waals surface area (Å²) in [6.45, 7) is 0.981. The van der Waals surface area contributed by atoms with Gasteiger partial charge in [0.15, 0.2) is 0 Å². The first kappa shape index (κ1) is 12.1. The molecule has 0 aliphatic carbocycles. The van der Waals surface area contributed by atoms with Crippen LogP contribution in [0, 0.1) is 0 Å². The molecule has 1 aromatic carbocycles. The van der Waals surface area contributed by atoms with Crippen LogP contribution in [-0.2, 0) is 10.3 Å². The summed E-state index contributed by atoms with van der Waals surface area (Å²) in [6.07, 6.45) is 1.98. The van der Waals surface area contributed by atoms with Gasteiger partial charge >= 0.3 is 0 Å². The van der Waals surface area contributed by atoms with Crippen LogP contribution in [0.5, 0.6) is 0 Å². The fraction of sp³-hybridized carbons (Fsp3) is 0.500. The molecule has 1 fully saturated rings. The predicted octanol–water partition coefficient (Wildman–Crippen LogP) is 1.70. The molecule has 3 nitrogen and oxygen atoms in total. The summed E-state index contributed by atoms with van der Waals surface area (Å²) in [5.74, 6) is 0.184. The topological polar surface area (TPSA) is 23.6 Å². The highest BCUT2D eigenvalue weighted by molar-refractivity contribution is 5.87. The van der Waals surface area contributed by atoms with Crippen LogP contribution in [0.2, 0.25) is 0 Å². The third-order valence-corrected chi connectivity index (χ3v) is 3.70. The quantitative estimate of drug-likeness (QED) is 0.775. The lowest BCUT2D eigenvalue weighted by atomic mass is 9.86. The highest BCUT2D eigenvalue weighted by Crippen LogP contribution is 2.38. The molecular formula is C14H20N2O. The highest BCUT2D eigenvalue weighted by atomic mass is 16.2. The van der Waals surface area contributed by atoms with Gasteiger partial charge < -0.3 is 4.90 Å². The fourth-order valence-electron chi connectivity index (χ4n) is 2.80. The van der Waals surface area contributed by atoms with Crippen LogP contribution in [0.25, 0.3) is 0 Å². The molecule has 1 heterocycles. The smallest absolute Gasteiger partial charge is 0.247 e. The molecule has 2 rings (SSSR count). The number of carbonyl (C=O) groups is 1. The Bertz CT molecular complexity index is 402. The number of carbonyl (C=O) groups excluding carboxylic acids is 1. The van der Waals surface area contributed by atoms with E-state index in [9.17, 15) is 4.79 Å². The van der Waals surface area contributed by atoms with Gasteiger partial charge in [0.25, 0.3) is 0 Å². The first-order valence-electron chi connectivity index (χ1n) is 6.07. The predicted molar refractivity (Wildman–Crippen MR) is 68.7 cm³/mol. The van der Waals surface area contributed by atoms with Crippen molar-refractivity contribution in [2.45, 2.75) is 18.4 Å². The Hall–Kier alpha value is -1.35. The Labute approximate surface area is 103 Å². The molecule has 0 saturated carbocycles. The second kappa shape index (κ2) is 4.49. The zero-order valence-electron chi connectivity index (χ0n) is 10.8. The lowest BCUT2D eigenvalue weighted by Gasteiger charge is -2.37. The van der Waals surface area contributed by atoms with Gasteiger partial charge in [0.05, 0.1) is 0 Å². The maximum absolute atomic E-state index is 12.6. The van der Waals surface area contributed by atoms with Gasteiger partial charge in [0.2, 0.25) is 5.91 Å². The van der Waals surface area contributed by atoms with Crippen molar-refractivity contribution in [3.05, 3.63) is 35.9 Å². The van der Waals surface area contributed by atoms with Crippen LogP contribution in [0.1, 0.15) is 18.4 Å². The maximum Gasteiger partial charge on any atom is 0.247 e. The van der Waals surface area contributed by atoms with Gasteiger partial charge in [-0.05, 0) is 32.0 Å². The zero-order valence-corrected chi connectivity index (χ0v) is 10.8. The van der Waals surface area contributed by atoms with E-state index >= 15 is 0 Å². The van der Waals surface area contributed by atoms with Crippen LogP contribution in [-0.4, -0.2) is 43.4 Å². The van der Waals surface area contributed by atoms with E-state index in [1.165, 1.54) is 0 Å². The van der Waals surface area contributed by atoms with Crippen LogP contribution in [0.4, 0.5) is 0 Å². The van der Waals surface area contributed by atoms with Gasteiger partial charge in [-0.2, -0.15) is 0 Å². The molecule has 1 unspecified atom stereocenters. The summed E-state index contributed by atoms with van der Waals surface area (Å²) in [6, 6.07) is 10.1. The van der Waals surface area contributed by atoms with Gasteiger partial charge in [0, 0.05) is 14.1 Å². The van der Waals surface area contributed by atoms with Crippen LogP contribution in [0.3, 0.4) is 0 Å². The molecule has 1 amide bonds. The van der Waals surface area contributed by atoms with Crippen molar-refractivity contribution >= 4 is 5.91 Å². The molecule has 1 saturated heterocycles. The largest absolute Gasteiger partial charge is 0.347 e. The monoisotopic (exact) mass is 232 g/mol. The van der Waals surface area contributed by atoms with Crippen molar-refractivity contribution in [1.82, 2.24) is 9.80 Å². The first-order chi connectivity index (χ1) is 8.09. The van der Waals surface area contributed by atoms with E-state index in [2.05, 4.69) is 17.0 Å². The molecule has 0 bridgehead atoms. The van der Waals surface area contributed by atoms with Crippen molar-refractivity contribution in [2.24, 2.45) is 0 Å². The van der Waals surface area contributed by atoms with Crippen LogP contribution >= 0.6 is 0 Å². The fourth-order valence-corrected chi connectivity index (χ4v) is 2.80. The van der Waals surface area contributed by atoms with Crippen molar-refractivity contribution in [3.8, 4) is 0 Å². The number of likely N-dealkylation sites (tertiary alicyclic amines) is 1. The standard InChI is InChI=1S/C14H20N2O/c1-15(2)13(17)14(10-7-11-16(14)3)12-8-5-4-6-9-12/h4-6,8-9H,7,10-11H2,1-3H3. The van der Waals surface area contributed by atoms with Crippen molar-refractivity contribution in [3.63, 3.8) is 0 Å². The average Bonchev–Trinajstić information content (AvgIpc) is 2.72. The van der Waals surface area contributed by atoms with Crippen molar-refractivity contribution < 1.29 is 4.79 Å². The number of rotatable bonds is 2. The molecular weight excluding hydrogens is 212 g/mol. The van der Waals surface area contributed by atoms with E-state index in [1.54, 1.807) is 4.90 Å². The molecule has 1 aliphatic rings. The second-order valence-corrected chi connectivity index (χ2v) is 4.95. The number of hydrogen-bond donors (Lipinski definition) is 0. The summed E-state index contributed by atoms with van der Waals surface area (Å²) in [5.41, 5.74) is 0.656. The van der Waals surface area contributed by atoms with E-state index in [0.717, 1.165) is 24.9 Å². The molecule has 0 radical (unpaired) electrons. The molecule has 17 heavy (non-hydrogen) atoms. The summed E-state index contributed by atoms with van der Waals surface area (Å²) >= 11 is 0. The molecule has 1 atom stereocenters. The molecule has 1 aromatic rings. The highest BCUT2D eigenvalue weighted by Gasteiger charge is 2.47. The zero-order chi connectivity index (χ0) is 12.5. The number of likely N-dealkylation sites (N-methyl/N-ethyl adjacent to an activating group) is 2. The van der Waals surface area contributed by atoms with E-state index in [1.807, 2.05) is 39.3 Å². The molecule has 0 spiro atoms. The Kier molecular flexibility index (Phi) is 3.20. The number of hydrogen-bond acceptors (Lipinski definition) is 2. The molecule has 3 heteroatoms. The SMILES string of the molecule is CN(C)C(=O)C1(c2ccccc2)CCCN1C. The minimum Gasteiger partial charge on any atom is -0.347 e. The molecule has 1 aliphatic heterocycles. The Morgan fingerprint density at radius 3 is 2.41 bits per heavy atom. The molecule has 0 aromatic heterocycles. The van der Waals surface area contributed by atoms with E-state index in [0.29, 0.717) is 0 Å². The Morgan fingerprint density at radius 2 is 1.94 bits per heavy atom. The lowest BCUT2D eigenvalue weighted by molar-refractivity contribution is -0.140. The number of amides is 1. The van der Waals surface area contributed by atoms with Crippen molar-refractivity contribution in [2.75, 3.05) is 27.7 Å². The van der Waals surface area contributed by atoms with Gasteiger partial charge in [-0.15, -0.1) is 0 Å². The summed E-state index contributed by atoms with van der Waals surface area (Å²) < 4.78 is 0. The van der Waals surface area contributed by atoms with E-state index in [-0.39, 0.29) is 5.91 Å². The second-order valence-electron chi connectivity index (χ2n) is 4.95. The van der Waals surface area contributed by atoms with Gasteiger partial charge in [0.1, 0.15) is 5.54 Å². The van der Waals surface area contributed by atoms with Crippen LogP contribution in [0.15, 0.2) is 30.3 Å². The summed E-state index contributed by atoms with van der Waals surface area (Å²) in [4.78, 5) is 16.5. The van der Waals surface area contributed by atoms with Gasteiger partial charge in [-0.1, -0.05) is 30.3 Å². The van der Waals surface area contributed by atoms with E-state index in [4.69, 9.17) is 0 Å². The number of benzene rings is 1. The minimum atomic E-state index is -0.454. The normalized spacial score (nSPS) is 24.9. The lowest BCUT2D eigenvalue weighted by Crippen LogP contribution is -2.51. The number of nitrogens with zero attached hydrogens (tertiary/aromatic N) is 2.